The molecule has 0 radical (unpaired) electrons. The molecule has 1 atom stereocenters. The first-order valence-corrected chi connectivity index (χ1v) is 6.56. The number of hydrogen-bond donors (Lipinski definition) is 2. The monoisotopic (exact) mass is 266 g/mol. The fraction of sp³-hybridized carbons (Fsp3) is 0.643. The first-order valence-electron chi connectivity index (χ1n) is 6.56. The molecule has 1 saturated heterocycles. The largest absolute Gasteiger partial charge is 0.394 e. The van der Waals surface area contributed by atoms with Crippen LogP contribution in [0, 0.1) is 6.92 Å². The predicted molar refractivity (Wildman–Crippen MR) is 73.1 cm³/mol. The highest BCUT2D eigenvalue weighted by molar-refractivity contribution is 5.42. The predicted octanol–water partition coefficient (Wildman–Crippen LogP) is 0.858. The lowest BCUT2D eigenvalue weighted by Crippen LogP contribution is -2.54. The van der Waals surface area contributed by atoms with Crippen molar-refractivity contribution in [1.82, 2.24) is 4.98 Å². The number of anilines is 1. The van der Waals surface area contributed by atoms with Gasteiger partial charge >= 0.3 is 0 Å². The molecular weight excluding hydrogens is 244 g/mol. The maximum Gasteiger partial charge on any atom is 0.128 e. The second kappa shape index (κ2) is 5.45. The van der Waals surface area contributed by atoms with E-state index in [1.54, 1.807) is 0 Å². The number of aryl methyl sites for hydroxylation is 1. The van der Waals surface area contributed by atoms with E-state index in [1.807, 2.05) is 32.9 Å². The smallest absolute Gasteiger partial charge is 0.128 e. The number of aliphatic hydroxyl groups excluding tert-OH is 2. The molecule has 2 rings (SSSR count). The minimum absolute atomic E-state index is 0.00693. The van der Waals surface area contributed by atoms with E-state index in [-0.39, 0.29) is 24.9 Å². The van der Waals surface area contributed by atoms with Crippen LogP contribution in [0.2, 0.25) is 0 Å². The Labute approximate surface area is 113 Å². The van der Waals surface area contributed by atoms with Gasteiger partial charge in [-0.1, -0.05) is 6.07 Å². The van der Waals surface area contributed by atoms with Gasteiger partial charge in [0.15, 0.2) is 0 Å². The fourth-order valence-electron chi connectivity index (χ4n) is 2.49. The van der Waals surface area contributed by atoms with Gasteiger partial charge in [-0.15, -0.1) is 0 Å². The van der Waals surface area contributed by atoms with Crippen LogP contribution in [0.5, 0.6) is 0 Å². The highest BCUT2D eigenvalue weighted by Crippen LogP contribution is 2.25. The van der Waals surface area contributed by atoms with E-state index in [0.717, 1.165) is 23.6 Å². The van der Waals surface area contributed by atoms with E-state index in [1.165, 1.54) is 0 Å². The summed E-state index contributed by atoms with van der Waals surface area (Å²) in [7, 11) is 0. The van der Waals surface area contributed by atoms with Crippen LogP contribution in [-0.2, 0) is 11.3 Å². The molecular formula is C14H22N2O3. The Balaban J connectivity index is 2.23. The Hall–Kier alpha value is -1.17. The molecule has 0 amide bonds. The Morgan fingerprint density at radius 2 is 2.16 bits per heavy atom. The van der Waals surface area contributed by atoms with E-state index in [0.29, 0.717) is 6.54 Å². The second-order valence-corrected chi connectivity index (χ2v) is 5.63. The number of ether oxygens (including phenoxy) is 1. The van der Waals surface area contributed by atoms with Crippen molar-refractivity contribution in [2.45, 2.75) is 39.1 Å². The minimum atomic E-state index is -0.309. The quantitative estimate of drug-likeness (QED) is 0.849. The molecule has 1 aromatic heterocycles. The number of morpholine rings is 1. The zero-order chi connectivity index (χ0) is 14.0. The van der Waals surface area contributed by atoms with Crippen LogP contribution in [0.3, 0.4) is 0 Å². The van der Waals surface area contributed by atoms with Gasteiger partial charge in [0.25, 0.3) is 0 Å². The average Bonchev–Trinajstić information content (AvgIpc) is 2.36. The Morgan fingerprint density at radius 1 is 1.42 bits per heavy atom. The summed E-state index contributed by atoms with van der Waals surface area (Å²) < 4.78 is 5.79. The summed E-state index contributed by atoms with van der Waals surface area (Å²) in [4.78, 5) is 6.65. The minimum Gasteiger partial charge on any atom is -0.394 e. The highest BCUT2D eigenvalue weighted by Gasteiger charge is 2.33. The van der Waals surface area contributed by atoms with Crippen molar-refractivity contribution < 1.29 is 14.9 Å². The maximum absolute atomic E-state index is 9.32. The van der Waals surface area contributed by atoms with Crippen LogP contribution in [0.15, 0.2) is 12.1 Å². The van der Waals surface area contributed by atoms with E-state index >= 15 is 0 Å². The molecule has 5 heteroatoms. The van der Waals surface area contributed by atoms with Crippen molar-refractivity contribution in [2.24, 2.45) is 0 Å². The van der Waals surface area contributed by atoms with Crippen molar-refractivity contribution in [2.75, 3.05) is 24.6 Å². The molecule has 0 bridgehead atoms. The summed E-state index contributed by atoms with van der Waals surface area (Å²) in [5, 5.41) is 18.5. The van der Waals surface area contributed by atoms with E-state index < -0.39 is 0 Å². The number of hydrogen-bond acceptors (Lipinski definition) is 5. The van der Waals surface area contributed by atoms with Crippen LogP contribution >= 0.6 is 0 Å². The molecule has 0 spiro atoms. The average molecular weight is 266 g/mol. The summed E-state index contributed by atoms with van der Waals surface area (Å²) in [5.41, 5.74) is 1.37. The van der Waals surface area contributed by atoms with Crippen molar-refractivity contribution in [3.8, 4) is 0 Å². The zero-order valence-corrected chi connectivity index (χ0v) is 11.8. The zero-order valence-electron chi connectivity index (χ0n) is 11.8. The van der Waals surface area contributed by atoms with Gasteiger partial charge in [0.2, 0.25) is 0 Å². The Morgan fingerprint density at radius 3 is 2.74 bits per heavy atom. The first-order chi connectivity index (χ1) is 8.95. The highest BCUT2D eigenvalue weighted by atomic mass is 16.5. The van der Waals surface area contributed by atoms with Crippen molar-refractivity contribution in [1.29, 1.82) is 0 Å². The lowest BCUT2D eigenvalue weighted by molar-refractivity contribution is -0.101. The topological polar surface area (TPSA) is 65.8 Å². The lowest BCUT2D eigenvalue weighted by atomic mass is 10.1. The van der Waals surface area contributed by atoms with Crippen LogP contribution in [-0.4, -0.2) is 46.6 Å². The molecule has 1 unspecified atom stereocenters. The number of aliphatic hydroxyl groups is 2. The molecule has 5 nitrogen and oxygen atoms in total. The van der Waals surface area contributed by atoms with E-state index in [4.69, 9.17) is 4.74 Å². The molecule has 0 aromatic carbocycles. The second-order valence-electron chi connectivity index (χ2n) is 5.63. The van der Waals surface area contributed by atoms with E-state index in [2.05, 4.69) is 9.88 Å². The molecule has 106 valence electrons. The van der Waals surface area contributed by atoms with Gasteiger partial charge in [-0.25, -0.2) is 4.98 Å². The summed E-state index contributed by atoms with van der Waals surface area (Å²) in [6.07, 6.45) is -0.191. The molecule has 0 aliphatic carbocycles. The normalized spacial score (nSPS) is 22.6. The third-order valence-corrected chi connectivity index (χ3v) is 3.36. The van der Waals surface area contributed by atoms with Gasteiger partial charge in [-0.2, -0.15) is 0 Å². The number of rotatable bonds is 3. The summed E-state index contributed by atoms with van der Waals surface area (Å²) in [5.74, 6) is 0.865. The SMILES string of the molecule is Cc1nc(N2CC(CO)OC(C)(C)C2)ccc1CO. The lowest BCUT2D eigenvalue weighted by Gasteiger charge is -2.43. The Bertz CT molecular complexity index is 448. The van der Waals surface area contributed by atoms with Crippen LogP contribution in [0.4, 0.5) is 5.82 Å². The molecule has 1 aliphatic heterocycles. The third kappa shape index (κ3) is 3.23. The van der Waals surface area contributed by atoms with Gasteiger partial charge in [-0.3, -0.25) is 0 Å². The van der Waals surface area contributed by atoms with Crippen molar-refractivity contribution in [3.63, 3.8) is 0 Å². The number of aromatic nitrogens is 1. The maximum atomic E-state index is 9.32. The Kier molecular flexibility index (Phi) is 4.08. The molecule has 1 aromatic rings. The van der Waals surface area contributed by atoms with Crippen molar-refractivity contribution >= 4 is 5.82 Å². The van der Waals surface area contributed by atoms with Gasteiger partial charge in [0.05, 0.1) is 24.9 Å². The van der Waals surface area contributed by atoms with Crippen molar-refractivity contribution in [3.05, 3.63) is 23.4 Å². The summed E-state index contributed by atoms with van der Waals surface area (Å²) in [6, 6.07) is 3.81. The summed E-state index contributed by atoms with van der Waals surface area (Å²) >= 11 is 0. The molecule has 2 N–H and O–H groups in total. The molecule has 1 fully saturated rings. The molecule has 1 aliphatic rings. The number of pyridine rings is 1. The van der Waals surface area contributed by atoms with Gasteiger partial charge in [-0.05, 0) is 32.4 Å². The van der Waals surface area contributed by atoms with Gasteiger partial charge < -0.3 is 19.8 Å². The first kappa shape index (κ1) is 14.2. The van der Waals surface area contributed by atoms with Crippen LogP contribution < -0.4 is 4.90 Å². The van der Waals surface area contributed by atoms with Crippen LogP contribution in [0.25, 0.3) is 0 Å². The van der Waals surface area contributed by atoms with E-state index in [9.17, 15) is 10.2 Å². The molecule has 0 saturated carbocycles. The molecule has 2 heterocycles. The van der Waals surface area contributed by atoms with Gasteiger partial charge in [0.1, 0.15) is 5.82 Å². The number of nitrogens with zero attached hydrogens (tertiary/aromatic N) is 2. The fourth-order valence-corrected chi connectivity index (χ4v) is 2.49. The standard InChI is InChI=1S/C14H22N2O3/c1-10-11(7-17)4-5-13(15-10)16-6-12(8-18)19-14(2,3)9-16/h4-5,12,17-18H,6-9H2,1-3H3. The molecule has 19 heavy (non-hydrogen) atoms. The third-order valence-electron chi connectivity index (χ3n) is 3.36. The van der Waals surface area contributed by atoms with Gasteiger partial charge in [0, 0.05) is 18.8 Å². The van der Waals surface area contributed by atoms with Crippen LogP contribution in [0.1, 0.15) is 25.1 Å². The summed E-state index contributed by atoms with van der Waals surface area (Å²) in [6.45, 7) is 7.29.